The molecule has 0 spiro atoms. The van der Waals surface area contributed by atoms with E-state index in [1.165, 1.54) is 31.4 Å². The average Bonchev–Trinajstić information content (AvgIpc) is 2.34. The Morgan fingerprint density at radius 2 is 2.00 bits per heavy atom. The van der Waals surface area contributed by atoms with Gasteiger partial charge in [-0.15, -0.1) is 0 Å². The summed E-state index contributed by atoms with van der Waals surface area (Å²) >= 11 is 0. The summed E-state index contributed by atoms with van der Waals surface area (Å²) in [7, 11) is 0. The molecule has 1 rings (SSSR count). The molecular formula is C14H26N2O. The molecule has 0 aromatic heterocycles. The third-order valence-electron chi connectivity index (χ3n) is 3.45. The van der Waals surface area contributed by atoms with Gasteiger partial charge in [0.15, 0.2) is 0 Å². The number of carbonyl (C=O) groups is 1. The van der Waals surface area contributed by atoms with E-state index < -0.39 is 0 Å². The van der Waals surface area contributed by atoms with E-state index in [4.69, 9.17) is 0 Å². The molecular weight excluding hydrogens is 212 g/mol. The van der Waals surface area contributed by atoms with Crippen LogP contribution in [0.5, 0.6) is 0 Å². The summed E-state index contributed by atoms with van der Waals surface area (Å²) in [4.78, 5) is 11.5. The number of hydrogen-bond donors (Lipinski definition) is 1. The van der Waals surface area contributed by atoms with E-state index in [1.54, 1.807) is 0 Å². The molecule has 0 atom stereocenters. The van der Waals surface area contributed by atoms with Crippen molar-refractivity contribution in [2.75, 3.05) is 0 Å². The molecule has 0 saturated heterocycles. The van der Waals surface area contributed by atoms with Crippen molar-refractivity contribution in [3.05, 3.63) is 0 Å². The van der Waals surface area contributed by atoms with E-state index in [0.717, 1.165) is 31.6 Å². The van der Waals surface area contributed by atoms with Gasteiger partial charge in [0.05, 0.1) is 0 Å². The van der Waals surface area contributed by atoms with Crippen molar-refractivity contribution in [3.63, 3.8) is 0 Å². The van der Waals surface area contributed by atoms with Crippen molar-refractivity contribution >= 4 is 11.6 Å². The van der Waals surface area contributed by atoms with Crippen molar-refractivity contribution in [2.45, 2.75) is 71.6 Å². The van der Waals surface area contributed by atoms with E-state index >= 15 is 0 Å². The molecule has 3 heteroatoms. The van der Waals surface area contributed by atoms with Gasteiger partial charge in [0.25, 0.3) is 0 Å². The van der Waals surface area contributed by atoms with Gasteiger partial charge in [-0.05, 0) is 38.0 Å². The Hall–Kier alpha value is -0.860. The molecule has 0 radical (unpaired) electrons. The number of unbranched alkanes of at least 4 members (excludes halogenated alkanes) is 3. The van der Waals surface area contributed by atoms with Gasteiger partial charge < -0.3 is 0 Å². The minimum Gasteiger partial charge on any atom is -0.273 e. The highest BCUT2D eigenvalue weighted by atomic mass is 16.2. The lowest BCUT2D eigenvalue weighted by Crippen LogP contribution is -2.21. The van der Waals surface area contributed by atoms with E-state index in [9.17, 15) is 4.79 Å². The first-order valence-corrected chi connectivity index (χ1v) is 7.06. The molecule has 0 aromatic carbocycles. The Morgan fingerprint density at radius 3 is 2.65 bits per heavy atom. The van der Waals surface area contributed by atoms with E-state index in [-0.39, 0.29) is 5.91 Å². The van der Waals surface area contributed by atoms with Crippen LogP contribution in [0.15, 0.2) is 5.10 Å². The van der Waals surface area contributed by atoms with Crippen molar-refractivity contribution in [1.29, 1.82) is 0 Å². The molecule has 0 heterocycles. The average molecular weight is 238 g/mol. The lowest BCUT2D eigenvalue weighted by molar-refractivity contribution is -0.121. The van der Waals surface area contributed by atoms with Crippen LogP contribution in [0.3, 0.4) is 0 Å². The smallest absolute Gasteiger partial charge is 0.240 e. The van der Waals surface area contributed by atoms with Gasteiger partial charge in [0.1, 0.15) is 0 Å². The maximum absolute atomic E-state index is 11.5. The fourth-order valence-electron chi connectivity index (χ4n) is 2.12. The molecule has 98 valence electrons. The van der Waals surface area contributed by atoms with Crippen LogP contribution in [0, 0.1) is 5.92 Å². The van der Waals surface area contributed by atoms with Crippen molar-refractivity contribution in [1.82, 2.24) is 5.43 Å². The number of rotatable bonds is 6. The topological polar surface area (TPSA) is 41.5 Å². The molecule has 17 heavy (non-hydrogen) atoms. The Labute approximate surface area is 105 Å². The van der Waals surface area contributed by atoms with Crippen LogP contribution in [0.4, 0.5) is 0 Å². The van der Waals surface area contributed by atoms with E-state index in [2.05, 4.69) is 24.4 Å². The first-order valence-electron chi connectivity index (χ1n) is 7.06. The second-order valence-corrected chi connectivity index (χ2v) is 5.21. The Morgan fingerprint density at radius 1 is 1.29 bits per heavy atom. The van der Waals surface area contributed by atoms with Crippen LogP contribution in [0.2, 0.25) is 0 Å². The predicted molar refractivity (Wildman–Crippen MR) is 72.0 cm³/mol. The van der Waals surface area contributed by atoms with Crippen molar-refractivity contribution in [3.8, 4) is 0 Å². The molecule has 3 nitrogen and oxygen atoms in total. The van der Waals surface area contributed by atoms with Gasteiger partial charge in [-0.25, -0.2) is 5.43 Å². The first kappa shape index (κ1) is 14.2. The molecule has 0 bridgehead atoms. The summed E-state index contributed by atoms with van der Waals surface area (Å²) < 4.78 is 0. The largest absolute Gasteiger partial charge is 0.273 e. The van der Waals surface area contributed by atoms with Crippen LogP contribution in [0.25, 0.3) is 0 Å². The molecule has 1 saturated carbocycles. The summed E-state index contributed by atoms with van der Waals surface area (Å²) in [5, 5.41) is 4.23. The van der Waals surface area contributed by atoms with Gasteiger partial charge >= 0.3 is 0 Å². The van der Waals surface area contributed by atoms with Crippen LogP contribution in [0.1, 0.15) is 71.6 Å². The quantitative estimate of drug-likeness (QED) is 0.557. The van der Waals surface area contributed by atoms with Crippen molar-refractivity contribution in [2.24, 2.45) is 11.0 Å². The SMILES string of the molecule is CCCCCCC(=O)NN=C1CCC(C)CC1. The Balaban J connectivity index is 2.12. The lowest BCUT2D eigenvalue weighted by atomic mass is 9.90. The zero-order valence-corrected chi connectivity index (χ0v) is 11.3. The lowest BCUT2D eigenvalue weighted by Gasteiger charge is -2.18. The minimum absolute atomic E-state index is 0.0761. The number of hydrogen-bond acceptors (Lipinski definition) is 2. The van der Waals surface area contributed by atoms with Crippen LogP contribution < -0.4 is 5.43 Å². The molecule has 1 aliphatic carbocycles. The summed E-state index contributed by atoms with van der Waals surface area (Å²) in [6.07, 6.45) is 9.72. The first-order chi connectivity index (χ1) is 8.22. The summed E-state index contributed by atoms with van der Waals surface area (Å²) in [6, 6.07) is 0. The second kappa shape index (κ2) is 8.26. The van der Waals surface area contributed by atoms with Gasteiger partial charge in [0, 0.05) is 12.1 Å². The summed E-state index contributed by atoms with van der Waals surface area (Å²) in [6.45, 7) is 4.46. The van der Waals surface area contributed by atoms with Gasteiger partial charge in [-0.1, -0.05) is 33.1 Å². The second-order valence-electron chi connectivity index (χ2n) is 5.21. The maximum Gasteiger partial charge on any atom is 0.240 e. The zero-order chi connectivity index (χ0) is 12.5. The highest BCUT2D eigenvalue weighted by molar-refractivity contribution is 5.86. The van der Waals surface area contributed by atoms with Crippen LogP contribution in [-0.2, 0) is 4.79 Å². The monoisotopic (exact) mass is 238 g/mol. The van der Waals surface area contributed by atoms with E-state index in [1.807, 2.05) is 0 Å². The number of carbonyl (C=O) groups excluding carboxylic acids is 1. The summed E-state index contributed by atoms with van der Waals surface area (Å²) in [5.41, 5.74) is 3.86. The number of amides is 1. The fraction of sp³-hybridized carbons (Fsp3) is 0.857. The normalized spacial score (nSPS) is 20.1. The molecule has 0 aliphatic heterocycles. The zero-order valence-electron chi connectivity index (χ0n) is 11.3. The molecule has 1 fully saturated rings. The molecule has 1 N–H and O–H groups in total. The Bertz CT molecular complexity index is 251. The fourth-order valence-corrected chi connectivity index (χ4v) is 2.12. The van der Waals surface area contributed by atoms with Gasteiger partial charge in [-0.3, -0.25) is 4.79 Å². The maximum atomic E-state index is 11.5. The van der Waals surface area contributed by atoms with Crippen LogP contribution >= 0.6 is 0 Å². The minimum atomic E-state index is 0.0761. The van der Waals surface area contributed by atoms with Crippen LogP contribution in [-0.4, -0.2) is 11.6 Å². The standard InChI is InChI=1S/C14H26N2O/c1-3-4-5-6-7-14(17)16-15-13-10-8-12(2)9-11-13/h12H,3-11H2,1-2H3,(H,16,17). The third-order valence-corrected chi connectivity index (χ3v) is 3.45. The molecule has 1 aliphatic rings. The number of nitrogens with one attached hydrogen (secondary N) is 1. The van der Waals surface area contributed by atoms with Crippen molar-refractivity contribution < 1.29 is 4.79 Å². The highest BCUT2D eigenvalue weighted by Crippen LogP contribution is 2.20. The molecule has 0 aromatic rings. The van der Waals surface area contributed by atoms with Gasteiger partial charge in [0.2, 0.25) is 5.91 Å². The van der Waals surface area contributed by atoms with Gasteiger partial charge in [-0.2, -0.15) is 5.10 Å². The summed E-state index contributed by atoms with van der Waals surface area (Å²) in [5.74, 6) is 0.894. The molecule has 1 amide bonds. The Kier molecular flexibility index (Phi) is 6.90. The number of nitrogens with zero attached hydrogens (tertiary/aromatic N) is 1. The van der Waals surface area contributed by atoms with E-state index in [0.29, 0.717) is 6.42 Å². The third kappa shape index (κ3) is 6.44. The highest BCUT2D eigenvalue weighted by Gasteiger charge is 2.13. The predicted octanol–water partition coefficient (Wildman–Crippen LogP) is 3.64. The number of hydrazone groups is 1. The molecule has 0 unspecified atom stereocenters.